The van der Waals surface area contributed by atoms with Crippen LogP contribution >= 0.6 is 0 Å². The Morgan fingerprint density at radius 2 is 2.13 bits per heavy atom. The SMILES string of the molecule is CCS(=O)(=O)NC[C@H](Cc1cccc(F)c1)N1CCCCC1=O. The number of hydrogen-bond acceptors (Lipinski definition) is 3. The van der Waals surface area contributed by atoms with E-state index in [-0.39, 0.29) is 30.1 Å². The molecule has 1 N–H and O–H groups in total. The number of sulfonamides is 1. The Morgan fingerprint density at radius 3 is 2.78 bits per heavy atom. The molecule has 1 fully saturated rings. The van der Waals surface area contributed by atoms with Crippen molar-refractivity contribution >= 4 is 15.9 Å². The van der Waals surface area contributed by atoms with Crippen LogP contribution < -0.4 is 4.72 Å². The zero-order valence-electron chi connectivity index (χ0n) is 13.3. The molecule has 1 atom stereocenters. The second kappa shape index (κ2) is 7.88. The maximum Gasteiger partial charge on any atom is 0.222 e. The minimum atomic E-state index is -3.33. The lowest BCUT2D eigenvalue weighted by Crippen LogP contribution is -2.50. The van der Waals surface area contributed by atoms with Gasteiger partial charge in [-0.05, 0) is 43.9 Å². The van der Waals surface area contributed by atoms with Gasteiger partial charge in [-0.25, -0.2) is 17.5 Å². The first kappa shape index (κ1) is 17.9. The number of nitrogens with one attached hydrogen (secondary N) is 1. The van der Waals surface area contributed by atoms with Crippen molar-refractivity contribution in [3.8, 4) is 0 Å². The van der Waals surface area contributed by atoms with Crippen LogP contribution in [0.2, 0.25) is 0 Å². The standard InChI is InChI=1S/C16H23FN2O3S/c1-2-23(21,22)18-12-15(19-9-4-3-8-16(19)20)11-13-6-5-7-14(17)10-13/h5-7,10,15,18H,2-4,8-9,11-12H2,1H3/t15-/m0/s1. The summed E-state index contributed by atoms with van der Waals surface area (Å²) in [5.41, 5.74) is 0.754. The molecule has 0 spiro atoms. The zero-order chi connectivity index (χ0) is 16.9. The summed E-state index contributed by atoms with van der Waals surface area (Å²) in [6.45, 7) is 2.33. The van der Waals surface area contributed by atoms with Crippen molar-refractivity contribution in [2.45, 2.75) is 38.6 Å². The lowest BCUT2D eigenvalue weighted by atomic mass is 10.0. The molecule has 1 aliphatic heterocycles. The van der Waals surface area contributed by atoms with Crippen molar-refractivity contribution in [1.82, 2.24) is 9.62 Å². The summed E-state index contributed by atoms with van der Waals surface area (Å²) >= 11 is 0. The number of carbonyl (C=O) groups is 1. The van der Waals surface area contributed by atoms with Gasteiger partial charge >= 0.3 is 0 Å². The molecule has 2 rings (SSSR count). The van der Waals surface area contributed by atoms with Gasteiger partial charge in [0, 0.05) is 25.6 Å². The average molecular weight is 342 g/mol. The first-order chi connectivity index (χ1) is 10.9. The topological polar surface area (TPSA) is 66.5 Å². The van der Waals surface area contributed by atoms with Gasteiger partial charge in [0.15, 0.2) is 0 Å². The van der Waals surface area contributed by atoms with E-state index in [4.69, 9.17) is 0 Å². The smallest absolute Gasteiger partial charge is 0.222 e. The Bertz CT molecular complexity index is 648. The van der Waals surface area contributed by atoms with E-state index in [2.05, 4.69) is 4.72 Å². The van der Waals surface area contributed by atoms with E-state index in [1.54, 1.807) is 24.0 Å². The fourth-order valence-corrected chi connectivity index (χ4v) is 3.42. The van der Waals surface area contributed by atoms with Crippen LogP contribution in [0.5, 0.6) is 0 Å². The fraction of sp³-hybridized carbons (Fsp3) is 0.562. The Balaban J connectivity index is 2.14. The summed E-state index contributed by atoms with van der Waals surface area (Å²) in [6, 6.07) is 5.90. The van der Waals surface area contributed by atoms with Gasteiger partial charge in [-0.2, -0.15) is 0 Å². The minimum absolute atomic E-state index is 0.00632. The highest BCUT2D eigenvalue weighted by atomic mass is 32.2. The van der Waals surface area contributed by atoms with Crippen molar-refractivity contribution in [3.63, 3.8) is 0 Å². The van der Waals surface area contributed by atoms with E-state index in [1.165, 1.54) is 12.1 Å². The van der Waals surface area contributed by atoms with Gasteiger partial charge in [0.1, 0.15) is 5.82 Å². The third-order valence-electron chi connectivity index (χ3n) is 4.08. The molecule has 1 saturated heterocycles. The monoisotopic (exact) mass is 342 g/mol. The summed E-state index contributed by atoms with van der Waals surface area (Å²) in [5.74, 6) is -0.304. The fourth-order valence-electron chi connectivity index (χ4n) is 2.77. The minimum Gasteiger partial charge on any atom is -0.338 e. The van der Waals surface area contributed by atoms with Crippen LogP contribution in [0.25, 0.3) is 0 Å². The molecular weight excluding hydrogens is 319 g/mol. The molecule has 23 heavy (non-hydrogen) atoms. The second-order valence-electron chi connectivity index (χ2n) is 5.78. The number of halogens is 1. The molecular formula is C16H23FN2O3S. The van der Waals surface area contributed by atoms with Crippen molar-refractivity contribution in [2.75, 3.05) is 18.8 Å². The number of hydrogen-bond donors (Lipinski definition) is 1. The second-order valence-corrected chi connectivity index (χ2v) is 7.88. The Morgan fingerprint density at radius 1 is 1.35 bits per heavy atom. The molecule has 1 aromatic rings. The van der Waals surface area contributed by atoms with Gasteiger partial charge in [-0.15, -0.1) is 0 Å². The zero-order valence-corrected chi connectivity index (χ0v) is 14.1. The molecule has 0 saturated carbocycles. The number of nitrogens with zero attached hydrogens (tertiary/aromatic N) is 1. The molecule has 0 radical (unpaired) electrons. The molecule has 7 heteroatoms. The predicted molar refractivity (Wildman–Crippen MR) is 86.9 cm³/mol. The summed E-state index contributed by atoms with van der Waals surface area (Å²) in [5, 5.41) is 0. The van der Waals surface area contributed by atoms with Crippen LogP contribution in [0.4, 0.5) is 4.39 Å². The van der Waals surface area contributed by atoms with E-state index in [0.29, 0.717) is 19.4 Å². The van der Waals surface area contributed by atoms with Crippen molar-refractivity contribution < 1.29 is 17.6 Å². The molecule has 1 aromatic carbocycles. The first-order valence-electron chi connectivity index (χ1n) is 7.92. The predicted octanol–water partition coefficient (Wildman–Crippen LogP) is 1.69. The number of carbonyl (C=O) groups excluding carboxylic acids is 1. The normalized spacial score (nSPS) is 17.3. The van der Waals surface area contributed by atoms with Crippen molar-refractivity contribution in [2.24, 2.45) is 0 Å². The molecule has 0 unspecified atom stereocenters. The Labute approximate surface area is 136 Å². The van der Waals surface area contributed by atoms with E-state index in [0.717, 1.165) is 18.4 Å². The lowest BCUT2D eigenvalue weighted by Gasteiger charge is -2.35. The molecule has 5 nitrogen and oxygen atoms in total. The van der Waals surface area contributed by atoms with E-state index < -0.39 is 10.0 Å². The number of piperidine rings is 1. The largest absolute Gasteiger partial charge is 0.338 e. The average Bonchev–Trinajstić information content (AvgIpc) is 2.52. The third-order valence-corrected chi connectivity index (χ3v) is 5.45. The van der Waals surface area contributed by atoms with E-state index >= 15 is 0 Å². The maximum absolute atomic E-state index is 13.4. The van der Waals surface area contributed by atoms with Crippen LogP contribution in [0.3, 0.4) is 0 Å². The lowest BCUT2D eigenvalue weighted by molar-refractivity contribution is -0.135. The van der Waals surface area contributed by atoms with Crippen molar-refractivity contribution in [3.05, 3.63) is 35.6 Å². The summed E-state index contributed by atoms with van der Waals surface area (Å²) in [6.07, 6.45) is 2.69. The van der Waals surface area contributed by atoms with Crippen LogP contribution in [0, 0.1) is 5.82 Å². The highest BCUT2D eigenvalue weighted by molar-refractivity contribution is 7.89. The Hall–Kier alpha value is -1.47. The third kappa shape index (κ3) is 5.28. The number of likely N-dealkylation sites (tertiary alicyclic amines) is 1. The van der Waals surface area contributed by atoms with Gasteiger partial charge in [0.25, 0.3) is 0 Å². The highest BCUT2D eigenvalue weighted by Gasteiger charge is 2.27. The molecule has 0 aromatic heterocycles. The van der Waals surface area contributed by atoms with E-state index in [9.17, 15) is 17.6 Å². The molecule has 1 heterocycles. The summed E-state index contributed by atoms with van der Waals surface area (Å²) < 4.78 is 39.3. The maximum atomic E-state index is 13.4. The van der Waals surface area contributed by atoms with E-state index in [1.807, 2.05) is 0 Å². The van der Waals surface area contributed by atoms with Crippen LogP contribution in [-0.4, -0.2) is 44.1 Å². The van der Waals surface area contributed by atoms with Crippen LogP contribution in [-0.2, 0) is 21.2 Å². The van der Waals surface area contributed by atoms with Gasteiger partial charge in [-0.3, -0.25) is 4.79 Å². The number of benzene rings is 1. The van der Waals surface area contributed by atoms with Gasteiger partial charge in [0.2, 0.25) is 15.9 Å². The number of rotatable bonds is 7. The summed E-state index contributed by atoms with van der Waals surface area (Å²) in [7, 11) is -3.33. The molecule has 0 aliphatic carbocycles. The highest BCUT2D eigenvalue weighted by Crippen LogP contribution is 2.17. The van der Waals surface area contributed by atoms with Crippen molar-refractivity contribution in [1.29, 1.82) is 0 Å². The Kier molecular flexibility index (Phi) is 6.12. The molecule has 0 bridgehead atoms. The van der Waals surface area contributed by atoms with Gasteiger partial charge in [-0.1, -0.05) is 12.1 Å². The summed E-state index contributed by atoms with van der Waals surface area (Å²) in [4.78, 5) is 13.9. The van der Waals surface area contributed by atoms with Crippen LogP contribution in [0.15, 0.2) is 24.3 Å². The molecule has 1 aliphatic rings. The van der Waals surface area contributed by atoms with Gasteiger partial charge in [0.05, 0.1) is 5.75 Å². The van der Waals surface area contributed by atoms with Gasteiger partial charge < -0.3 is 4.90 Å². The quantitative estimate of drug-likeness (QED) is 0.820. The first-order valence-corrected chi connectivity index (χ1v) is 9.58. The number of amides is 1. The molecule has 1 amide bonds. The molecule has 128 valence electrons. The van der Waals surface area contributed by atoms with Crippen LogP contribution in [0.1, 0.15) is 31.7 Å².